The Bertz CT molecular complexity index is 968. The van der Waals surface area contributed by atoms with Crippen LogP contribution in [0.4, 0.5) is 0 Å². The Labute approximate surface area is 184 Å². The normalized spacial score (nSPS) is 21.0. The lowest BCUT2D eigenvalue weighted by molar-refractivity contribution is 0.0759. The summed E-state index contributed by atoms with van der Waals surface area (Å²) in [6, 6.07) is 3.69. The number of aromatic amines is 1. The van der Waals surface area contributed by atoms with Gasteiger partial charge in [0.25, 0.3) is 5.91 Å². The molecule has 2 aliphatic heterocycles. The van der Waals surface area contributed by atoms with Crippen molar-refractivity contribution in [3.8, 4) is 0 Å². The Morgan fingerprint density at radius 3 is 2.55 bits per heavy atom. The van der Waals surface area contributed by atoms with E-state index in [1.807, 2.05) is 17.0 Å². The number of aromatic nitrogens is 3. The average Bonchev–Trinajstić information content (AvgIpc) is 3.13. The number of pyridine rings is 1. The topological polar surface area (TPSA) is 99.3 Å². The molecule has 1 unspecified atom stereocenters. The molecule has 2 aromatic rings. The van der Waals surface area contributed by atoms with Crippen molar-refractivity contribution in [1.29, 1.82) is 0 Å². The molecule has 1 amide bonds. The first-order chi connectivity index (χ1) is 15.0. The summed E-state index contributed by atoms with van der Waals surface area (Å²) < 4.78 is 27.6. The first kappa shape index (κ1) is 22.0. The highest BCUT2D eigenvalue weighted by atomic mass is 32.2. The summed E-state index contributed by atoms with van der Waals surface area (Å²) in [6.07, 6.45) is 11.5. The summed E-state index contributed by atoms with van der Waals surface area (Å²) in [5, 5.41) is 7.17. The van der Waals surface area contributed by atoms with Crippen molar-refractivity contribution in [2.45, 2.75) is 50.9 Å². The van der Waals surface area contributed by atoms with E-state index in [9.17, 15) is 13.2 Å². The van der Waals surface area contributed by atoms with E-state index >= 15 is 0 Å². The Kier molecular flexibility index (Phi) is 7.02. The van der Waals surface area contributed by atoms with Crippen LogP contribution in [-0.4, -0.2) is 70.6 Å². The van der Waals surface area contributed by atoms with E-state index in [1.165, 1.54) is 0 Å². The molecule has 2 aliphatic rings. The van der Waals surface area contributed by atoms with Gasteiger partial charge in [0.05, 0.1) is 23.2 Å². The zero-order valence-corrected chi connectivity index (χ0v) is 18.7. The minimum absolute atomic E-state index is 0.0170. The van der Waals surface area contributed by atoms with Crippen molar-refractivity contribution < 1.29 is 13.2 Å². The number of H-pyrrole nitrogens is 1. The maximum absolute atomic E-state index is 13.1. The van der Waals surface area contributed by atoms with Crippen molar-refractivity contribution in [2.24, 2.45) is 0 Å². The molecule has 2 fully saturated rings. The van der Waals surface area contributed by atoms with E-state index in [2.05, 4.69) is 15.2 Å². The van der Waals surface area contributed by atoms with Gasteiger partial charge in [-0.05, 0) is 49.8 Å². The standard InChI is InChI=1S/C22H31N5O3S/c28-22(26-12-3-1-2-4-13-26)20-16-24-25-21(20)19-6-5-14-27(17-19)31(29,30)15-9-18-7-10-23-11-8-18/h7-8,10-11,16,19H,1-6,9,12-15,17H2,(H,24,25). The van der Waals surface area contributed by atoms with Crippen LogP contribution < -0.4 is 0 Å². The molecule has 0 radical (unpaired) electrons. The number of hydrogen-bond donors (Lipinski definition) is 1. The maximum Gasteiger partial charge on any atom is 0.257 e. The van der Waals surface area contributed by atoms with Gasteiger partial charge in [0.1, 0.15) is 0 Å². The summed E-state index contributed by atoms with van der Waals surface area (Å²) in [4.78, 5) is 19.0. The molecule has 0 saturated carbocycles. The Hall–Kier alpha value is -2.26. The maximum atomic E-state index is 13.1. The van der Waals surface area contributed by atoms with Crippen molar-refractivity contribution in [3.05, 3.63) is 47.5 Å². The number of rotatable bonds is 6. The summed E-state index contributed by atoms with van der Waals surface area (Å²) in [6.45, 7) is 2.48. The van der Waals surface area contributed by atoms with E-state index < -0.39 is 10.0 Å². The number of sulfonamides is 1. The van der Waals surface area contributed by atoms with Gasteiger partial charge >= 0.3 is 0 Å². The number of aryl methyl sites for hydroxylation is 1. The monoisotopic (exact) mass is 445 g/mol. The van der Waals surface area contributed by atoms with Gasteiger partial charge in [0.15, 0.2) is 0 Å². The molecule has 0 aromatic carbocycles. The Balaban J connectivity index is 1.44. The molecule has 1 atom stereocenters. The molecule has 8 nitrogen and oxygen atoms in total. The van der Waals surface area contributed by atoms with Gasteiger partial charge in [0.2, 0.25) is 10.0 Å². The van der Waals surface area contributed by atoms with Crippen LogP contribution in [0.15, 0.2) is 30.7 Å². The quantitative estimate of drug-likeness (QED) is 0.737. The number of hydrogen-bond acceptors (Lipinski definition) is 5. The number of amides is 1. The number of piperidine rings is 1. The van der Waals surface area contributed by atoms with Crippen molar-refractivity contribution >= 4 is 15.9 Å². The van der Waals surface area contributed by atoms with Gasteiger partial charge in [-0.25, -0.2) is 12.7 Å². The predicted octanol–water partition coefficient (Wildman–Crippen LogP) is 2.57. The summed E-state index contributed by atoms with van der Waals surface area (Å²) in [5.74, 6) is 0.0490. The smallest absolute Gasteiger partial charge is 0.257 e. The van der Waals surface area contributed by atoms with Crippen LogP contribution in [0.3, 0.4) is 0 Å². The minimum Gasteiger partial charge on any atom is -0.339 e. The van der Waals surface area contributed by atoms with Crippen LogP contribution in [0.25, 0.3) is 0 Å². The molecule has 2 aromatic heterocycles. The molecule has 1 N–H and O–H groups in total. The lowest BCUT2D eigenvalue weighted by Gasteiger charge is -2.32. The second-order valence-corrected chi connectivity index (χ2v) is 10.6. The largest absolute Gasteiger partial charge is 0.339 e. The van der Waals surface area contributed by atoms with Crippen LogP contribution >= 0.6 is 0 Å². The van der Waals surface area contributed by atoms with Crippen LogP contribution in [0, 0.1) is 0 Å². The van der Waals surface area contributed by atoms with Crippen molar-refractivity contribution in [2.75, 3.05) is 31.9 Å². The first-order valence-corrected chi connectivity index (χ1v) is 12.8. The molecule has 4 heterocycles. The highest BCUT2D eigenvalue weighted by molar-refractivity contribution is 7.89. The lowest BCUT2D eigenvalue weighted by atomic mass is 9.93. The van der Waals surface area contributed by atoms with Crippen LogP contribution in [0.5, 0.6) is 0 Å². The Morgan fingerprint density at radius 1 is 1.06 bits per heavy atom. The highest BCUT2D eigenvalue weighted by Gasteiger charge is 2.33. The van der Waals surface area contributed by atoms with Gasteiger partial charge in [-0.3, -0.25) is 14.9 Å². The van der Waals surface area contributed by atoms with Crippen LogP contribution in [0.1, 0.15) is 66.1 Å². The predicted molar refractivity (Wildman–Crippen MR) is 118 cm³/mol. The zero-order valence-electron chi connectivity index (χ0n) is 17.9. The van der Waals surface area contributed by atoms with Gasteiger partial charge < -0.3 is 4.90 Å². The van der Waals surface area contributed by atoms with Crippen molar-refractivity contribution in [3.63, 3.8) is 0 Å². The third kappa shape index (κ3) is 5.33. The fourth-order valence-electron chi connectivity index (χ4n) is 4.58. The summed E-state index contributed by atoms with van der Waals surface area (Å²) >= 11 is 0. The number of carbonyl (C=O) groups excluding carboxylic acids is 1. The lowest BCUT2D eigenvalue weighted by Crippen LogP contribution is -2.41. The third-order valence-corrected chi connectivity index (χ3v) is 8.21. The van der Waals surface area contributed by atoms with Gasteiger partial charge in [-0.15, -0.1) is 0 Å². The zero-order chi connectivity index (χ0) is 21.7. The molecular weight excluding hydrogens is 414 g/mol. The highest BCUT2D eigenvalue weighted by Crippen LogP contribution is 2.30. The molecule has 9 heteroatoms. The summed E-state index contributed by atoms with van der Waals surface area (Å²) in [5.41, 5.74) is 2.34. The fraction of sp³-hybridized carbons (Fsp3) is 0.591. The SMILES string of the molecule is O=C(c1cn[nH]c1C1CCCN(S(=O)(=O)CCc2ccncc2)C1)N1CCCCCC1. The number of carbonyl (C=O) groups is 1. The van der Waals surface area contributed by atoms with Crippen LogP contribution in [0.2, 0.25) is 0 Å². The third-order valence-electron chi connectivity index (χ3n) is 6.38. The molecule has 168 valence electrons. The minimum atomic E-state index is -3.38. The molecule has 2 saturated heterocycles. The van der Waals surface area contributed by atoms with Gasteiger partial charge in [0, 0.05) is 44.5 Å². The van der Waals surface area contributed by atoms with E-state index in [-0.39, 0.29) is 17.6 Å². The number of nitrogens with zero attached hydrogens (tertiary/aromatic N) is 4. The summed E-state index contributed by atoms with van der Waals surface area (Å²) in [7, 11) is -3.38. The Morgan fingerprint density at radius 2 is 1.81 bits per heavy atom. The fourth-order valence-corrected chi connectivity index (χ4v) is 6.14. The van der Waals surface area contributed by atoms with E-state index in [4.69, 9.17) is 0 Å². The molecule has 0 spiro atoms. The van der Waals surface area contributed by atoms with E-state index in [1.54, 1.807) is 22.9 Å². The second kappa shape index (κ2) is 9.91. The van der Waals surface area contributed by atoms with Crippen LogP contribution in [-0.2, 0) is 16.4 Å². The molecule has 0 bridgehead atoms. The average molecular weight is 446 g/mol. The molecule has 0 aliphatic carbocycles. The van der Waals surface area contributed by atoms with Gasteiger partial charge in [-0.2, -0.15) is 5.10 Å². The van der Waals surface area contributed by atoms with E-state index in [0.29, 0.717) is 25.1 Å². The molecule has 31 heavy (non-hydrogen) atoms. The van der Waals surface area contributed by atoms with Gasteiger partial charge in [-0.1, -0.05) is 12.8 Å². The molecular formula is C22H31N5O3S. The number of likely N-dealkylation sites (tertiary alicyclic amines) is 1. The molecule has 4 rings (SSSR count). The van der Waals surface area contributed by atoms with E-state index in [0.717, 1.165) is 62.9 Å². The second-order valence-electron chi connectivity index (χ2n) is 8.52. The number of nitrogens with one attached hydrogen (secondary N) is 1. The first-order valence-electron chi connectivity index (χ1n) is 11.2. The van der Waals surface area contributed by atoms with Crippen molar-refractivity contribution in [1.82, 2.24) is 24.4 Å².